The van der Waals surface area contributed by atoms with Gasteiger partial charge in [0.1, 0.15) is 0 Å². The maximum Gasteiger partial charge on any atom is 0.310 e. The molecule has 4 rings (SSSR count). The molecule has 4 unspecified atom stereocenters. The monoisotopic (exact) mass is 236 g/mol. The number of carboxylic acid groups (broad SMARTS) is 1. The Morgan fingerprint density at radius 3 is 2.12 bits per heavy atom. The molecule has 0 saturated heterocycles. The van der Waals surface area contributed by atoms with Crippen LogP contribution in [0, 0.1) is 41.4 Å². The Bertz CT molecular complexity index is 414. The van der Waals surface area contributed by atoms with Crippen LogP contribution in [-0.4, -0.2) is 24.2 Å². The minimum absolute atomic E-state index is 0.0154. The molecular formula is C13H16O4. The van der Waals surface area contributed by atoms with Gasteiger partial charge in [0.2, 0.25) is 0 Å². The predicted octanol–water partition coefficient (Wildman–Crippen LogP) is 1.17. The molecule has 4 nitrogen and oxygen atoms in total. The third kappa shape index (κ3) is 1.24. The quantitative estimate of drug-likeness (QED) is 0.577. The largest absolute Gasteiger partial charge is 0.481 e. The Kier molecular flexibility index (Phi) is 2.12. The number of methoxy groups -OCH3 is 1. The second-order valence-electron chi connectivity index (χ2n) is 5.47. The molecule has 0 aliphatic heterocycles. The lowest BCUT2D eigenvalue weighted by Crippen LogP contribution is -2.46. The first kappa shape index (κ1) is 10.8. The van der Waals surface area contributed by atoms with Crippen LogP contribution in [0.3, 0.4) is 0 Å². The Labute approximate surface area is 99.6 Å². The molecule has 7 atom stereocenters. The van der Waals surface area contributed by atoms with Crippen molar-refractivity contribution in [2.75, 3.05) is 7.11 Å². The van der Waals surface area contributed by atoms with Gasteiger partial charge in [-0.15, -0.1) is 0 Å². The standard InChI is InChI=1S/C13H16O4/c1-5-8-6-3-4-7(9(5)8)11(13(16)17-2)10(6)12(14)15/h3-11H,1-2H3,(H,14,15)/t5-,6?,7?,8?,9?,10+,11-/m1/s1. The van der Waals surface area contributed by atoms with Gasteiger partial charge in [-0.1, -0.05) is 19.1 Å². The third-order valence-electron chi connectivity index (χ3n) is 4.94. The van der Waals surface area contributed by atoms with E-state index < -0.39 is 17.8 Å². The Hall–Kier alpha value is -1.32. The summed E-state index contributed by atoms with van der Waals surface area (Å²) >= 11 is 0. The van der Waals surface area contributed by atoms with Gasteiger partial charge in [-0.3, -0.25) is 9.59 Å². The highest BCUT2D eigenvalue weighted by atomic mass is 16.5. The van der Waals surface area contributed by atoms with Crippen molar-refractivity contribution in [3.8, 4) is 0 Å². The smallest absolute Gasteiger partial charge is 0.310 e. The highest BCUT2D eigenvalue weighted by molar-refractivity contribution is 5.83. The first-order valence-electron chi connectivity index (χ1n) is 6.07. The molecule has 4 heteroatoms. The maximum absolute atomic E-state index is 11.8. The number of hydrogen-bond donors (Lipinski definition) is 1. The topological polar surface area (TPSA) is 63.6 Å². The molecule has 0 aromatic heterocycles. The van der Waals surface area contributed by atoms with Crippen molar-refractivity contribution in [1.82, 2.24) is 0 Å². The van der Waals surface area contributed by atoms with E-state index in [1.807, 2.05) is 12.2 Å². The third-order valence-corrected chi connectivity index (χ3v) is 4.94. The molecule has 2 bridgehead atoms. The fraction of sp³-hybridized carbons (Fsp3) is 0.692. The van der Waals surface area contributed by atoms with Crippen molar-refractivity contribution in [2.24, 2.45) is 41.4 Å². The zero-order valence-corrected chi connectivity index (χ0v) is 9.87. The van der Waals surface area contributed by atoms with E-state index in [-0.39, 0.29) is 17.8 Å². The van der Waals surface area contributed by atoms with E-state index in [1.54, 1.807) is 0 Å². The summed E-state index contributed by atoms with van der Waals surface area (Å²) in [5.41, 5.74) is 0. The number of carboxylic acids is 1. The van der Waals surface area contributed by atoms with Crippen molar-refractivity contribution in [3.05, 3.63) is 12.2 Å². The predicted molar refractivity (Wildman–Crippen MR) is 58.9 cm³/mol. The number of fused-ring (bicyclic) bond motifs is 1. The summed E-state index contributed by atoms with van der Waals surface area (Å²) in [6, 6.07) is 0. The summed E-state index contributed by atoms with van der Waals surface area (Å²) in [5.74, 6) is -0.739. The first-order chi connectivity index (χ1) is 8.07. The molecule has 0 aromatic carbocycles. The van der Waals surface area contributed by atoms with E-state index in [1.165, 1.54) is 7.11 Å². The summed E-state index contributed by atoms with van der Waals surface area (Å²) < 4.78 is 4.79. The van der Waals surface area contributed by atoms with Gasteiger partial charge in [0.05, 0.1) is 18.9 Å². The Morgan fingerprint density at radius 2 is 1.65 bits per heavy atom. The molecular weight excluding hydrogens is 220 g/mol. The normalized spacial score (nSPS) is 49.6. The molecule has 92 valence electrons. The molecule has 4 aliphatic carbocycles. The van der Waals surface area contributed by atoms with Crippen LogP contribution in [0.2, 0.25) is 0 Å². The molecule has 2 saturated carbocycles. The van der Waals surface area contributed by atoms with E-state index in [0.29, 0.717) is 17.8 Å². The fourth-order valence-corrected chi connectivity index (χ4v) is 4.21. The molecule has 4 aliphatic rings. The van der Waals surface area contributed by atoms with Crippen molar-refractivity contribution in [3.63, 3.8) is 0 Å². The van der Waals surface area contributed by atoms with Crippen LogP contribution in [0.15, 0.2) is 12.2 Å². The second kappa shape index (κ2) is 3.34. The molecule has 0 heterocycles. The van der Waals surface area contributed by atoms with Crippen molar-refractivity contribution >= 4 is 11.9 Å². The van der Waals surface area contributed by atoms with Crippen LogP contribution in [0.4, 0.5) is 0 Å². The van der Waals surface area contributed by atoms with Crippen LogP contribution in [0.5, 0.6) is 0 Å². The number of aliphatic carboxylic acids is 1. The van der Waals surface area contributed by atoms with Gasteiger partial charge in [-0.05, 0) is 29.6 Å². The Balaban J connectivity index is 2.00. The zero-order valence-electron chi connectivity index (χ0n) is 9.87. The van der Waals surface area contributed by atoms with Gasteiger partial charge in [0.15, 0.2) is 0 Å². The summed E-state index contributed by atoms with van der Waals surface area (Å²) in [6.45, 7) is 2.15. The van der Waals surface area contributed by atoms with E-state index in [0.717, 1.165) is 0 Å². The number of allylic oxidation sites excluding steroid dienone is 2. The molecule has 2 fully saturated rings. The second-order valence-corrected chi connectivity index (χ2v) is 5.47. The van der Waals surface area contributed by atoms with E-state index in [4.69, 9.17) is 4.74 Å². The van der Waals surface area contributed by atoms with Crippen molar-refractivity contribution in [1.29, 1.82) is 0 Å². The highest BCUT2D eigenvalue weighted by Gasteiger charge is 2.67. The maximum atomic E-state index is 11.8. The summed E-state index contributed by atoms with van der Waals surface area (Å²) in [5, 5.41) is 9.36. The van der Waals surface area contributed by atoms with Crippen LogP contribution in [-0.2, 0) is 14.3 Å². The molecule has 0 spiro atoms. The van der Waals surface area contributed by atoms with Gasteiger partial charge < -0.3 is 9.84 Å². The summed E-state index contributed by atoms with van der Waals surface area (Å²) in [4.78, 5) is 23.2. The van der Waals surface area contributed by atoms with E-state index in [9.17, 15) is 14.7 Å². The summed E-state index contributed by atoms with van der Waals surface area (Å²) in [7, 11) is 1.33. The molecule has 17 heavy (non-hydrogen) atoms. The lowest BCUT2D eigenvalue weighted by atomic mass is 9.62. The fourth-order valence-electron chi connectivity index (χ4n) is 4.21. The lowest BCUT2D eigenvalue weighted by molar-refractivity contribution is -0.162. The first-order valence-corrected chi connectivity index (χ1v) is 6.07. The van der Waals surface area contributed by atoms with E-state index in [2.05, 4.69) is 6.92 Å². The minimum atomic E-state index is -0.864. The zero-order chi connectivity index (χ0) is 12.3. The average Bonchev–Trinajstić information content (AvgIpc) is 3.02. The number of carbonyl (C=O) groups excluding carboxylic acids is 1. The van der Waals surface area contributed by atoms with Crippen molar-refractivity contribution in [2.45, 2.75) is 6.92 Å². The Morgan fingerprint density at radius 1 is 1.12 bits per heavy atom. The molecule has 0 aromatic rings. The number of hydrogen-bond acceptors (Lipinski definition) is 3. The van der Waals surface area contributed by atoms with Gasteiger partial charge >= 0.3 is 11.9 Å². The number of esters is 1. The van der Waals surface area contributed by atoms with Crippen LogP contribution in [0.1, 0.15) is 6.92 Å². The highest BCUT2D eigenvalue weighted by Crippen LogP contribution is 2.67. The lowest BCUT2D eigenvalue weighted by Gasteiger charge is -2.40. The average molecular weight is 236 g/mol. The van der Waals surface area contributed by atoms with Crippen LogP contribution >= 0.6 is 0 Å². The van der Waals surface area contributed by atoms with Crippen molar-refractivity contribution < 1.29 is 19.4 Å². The molecule has 0 amide bonds. The number of rotatable bonds is 2. The van der Waals surface area contributed by atoms with Gasteiger partial charge in [-0.2, -0.15) is 0 Å². The van der Waals surface area contributed by atoms with Gasteiger partial charge in [0, 0.05) is 0 Å². The molecule has 0 radical (unpaired) electrons. The molecule has 1 N–H and O–H groups in total. The summed E-state index contributed by atoms with van der Waals surface area (Å²) in [6.07, 6.45) is 4.05. The SMILES string of the molecule is COC(=O)[C@@H]1C2C=CC(C3C2[C@@H]3C)[C@@H]1C(=O)O. The number of carbonyl (C=O) groups is 2. The van der Waals surface area contributed by atoms with Gasteiger partial charge in [0.25, 0.3) is 0 Å². The number of ether oxygens (including phenoxy) is 1. The van der Waals surface area contributed by atoms with E-state index >= 15 is 0 Å². The van der Waals surface area contributed by atoms with Crippen LogP contribution < -0.4 is 0 Å². The van der Waals surface area contributed by atoms with Gasteiger partial charge in [-0.25, -0.2) is 0 Å². The van der Waals surface area contributed by atoms with Crippen LogP contribution in [0.25, 0.3) is 0 Å². The minimum Gasteiger partial charge on any atom is -0.481 e.